The predicted molar refractivity (Wildman–Crippen MR) is 93.6 cm³/mol. The summed E-state index contributed by atoms with van der Waals surface area (Å²) in [5, 5.41) is 0.777. The van der Waals surface area contributed by atoms with E-state index in [-0.39, 0.29) is 16.5 Å². The quantitative estimate of drug-likeness (QED) is 0.376. The first kappa shape index (κ1) is 13.7. The number of benzene rings is 2. The fraction of sp³-hybridized carbons (Fsp3) is 0. The molecule has 3 heterocycles. The van der Waals surface area contributed by atoms with Gasteiger partial charge in [0, 0.05) is 0 Å². The number of hydrogen-bond acceptors (Lipinski definition) is 5. The van der Waals surface area contributed by atoms with Crippen LogP contribution >= 0.6 is 0 Å². The number of nitrogens with zero attached hydrogens (tertiary/aromatic N) is 1. The molecule has 6 nitrogen and oxygen atoms in total. The van der Waals surface area contributed by atoms with Crippen LogP contribution in [0.1, 0.15) is 0 Å². The number of H-pyrrole nitrogens is 1. The third kappa shape index (κ3) is 2.01. The van der Waals surface area contributed by atoms with Crippen LogP contribution in [-0.2, 0) is 0 Å². The zero-order chi connectivity index (χ0) is 17.0. The second kappa shape index (κ2) is 4.91. The number of fused-ring (bicyclic) bond motifs is 4. The van der Waals surface area contributed by atoms with Gasteiger partial charge in [0.05, 0.1) is 16.4 Å². The molecule has 0 saturated carbocycles. The standard InChI is InChI=1S/C19H10N2O4/c22-18-11-9-12(17-20-13-6-2-3-7-14(13)21-17)19(23)25-16(11)10-5-1-4-8-15(10)24-18/h1-9H,(H,20,21). The molecule has 0 aliphatic heterocycles. The van der Waals surface area contributed by atoms with Crippen molar-refractivity contribution in [2.45, 2.75) is 0 Å². The van der Waals surface area contributed by atoms with Gasteiger partial charge in [0.25, 0.3) is 0 Å². The molecule has 0 aliphatic rings. The summed E-state index contributed by atoms with van der Waals surface area (Å²) in [5.74, 6) is 0.351. The Hall–Kier alpha value is -3.67. The zero-order valence-corrected chi connectivity index (χ0v) is 12.8. The van der Waals surface area contributed by atoms with E-state index in [2.05, 4.69) is 9.97 Å². The maximum absolute atomic E-state index is 12.5. The summed E-state index contributed by atoms with van der Waals surface area (Å²) in [6.07, 6.45) is 0. The van der Waals surface area contributed by atoms with Crippen molar-refractivity contribution < 1.29 is 8.83 Å². The van der Waals surface area contributed by atoms with Crippen LogP contribution in [-0.4, -0.2) is 9.97 Å². The van der Waals surface area contributed by atoms with E-state index in [0.717, 1.165) is 11.0 Å². The van der Waals surface area contributed by atoms with E-state index < -0.39 is 11.3 Å². The van der Waals surface area contributed by atoms with Gasteiger partial charge in [-0.3, -0.25) is 0 Å². The number of imidazole rings is 1. The number of hydrogen-bond donors (Lipinski definition) is 1. The summed E-state index contributed by atoms with van der Waals surface area (Å²) in [7, 11) is 0. The molecule has 0 atom stereocenters. The van der Waals surface area contributed by atoms with E-state index in [1.165, 1.54) is 6.07 Å². The van der Waals surface area contributed by atoms with Gasteiger partial charge in [-0.05, 0) is 30.3 Å². The molecule has 0 bridgehead atoms. The molecule has 5 aromatic rings. The first-order chi connectivity index (χ1) is 12.2. The molecule has 3 aromatic heterocycles. The Balaban J connectivity index is 1.87. The highest BCUT2D eigenvalue weighted by atomic mass is 16.4. The van der Waals surface area contributed by atoms with Gasteiger partial charge < -0.3 is 13.8 Å². The second-order valence-electron chi connectivity index (χ2n) is 5.68. The van der Waals surface area contributed by atoms with Crippen molar-refractivity contribution in [2.24, 2.45) is 0 Å². The summed E-state index contributed by atoms with van der Waals surface area (Å²) in [4.78, 5) is 32.3. The number of nitrogens with one attached hydrogen (secondary N) is 1. The van der Waals surface area contributed by atoms with Crippen LogP contribution in [0.3, 0.4) is 0 Å². The van der Waals surface area contributed by atoms with E-state index in [1.807, 2.05) is 24.3 Å². The highest BCUT2D eigenvalue weighted by molar-refractivity contribution is 6.01. The molecule has 0 aliphatic carbocycles. The van der Waals surface area contributed by atoms with E-state index in [4.69, 9.17) is 8.83 Å². The Kier molecular flexibility index (Phi) is 2.70. The molecule has 0 unspecified atom stereocenters. The van der Waals surface area contributed by atoms with Crippen molar-refractivity contribution in [1.82, 2.24) is 9.97 Å². The average Bonchev–Trinajstić information content (AvgIpc) is 3.05. The van der Waals surface area contributed by atoms with Gasteiger partial charge in [0.1, 0.15) is 22.4 Å². The minimum atomic E-state index is -0.567. The molecule has 120 valence electrons. The fourth-order valence-corrected chi connectivity index (χ4v) is 2.97. The normalized spacial score (nSPS) is 11.5. The zero-order valence-electron chi connectivity index (χ0n) is 12.8. The van der Waals surface area contributed by atoms with E-state index in [1.54, 1.807) is 24.3 Å². The largest absolute Gasteiger partial charge is 0.422 e. The number of aromatic amines is 1. The first-order valence-corrected chi connectivity index (χ1v) is 7.65. The van der Waals surface area contributed by atoms with Crippen LogP contribution in [0.15, 0.2) is 73.0 Å². The van der Waals surface area contributed by atoms with Crippen molar-refractivity contribution in [3.05, 3.63) is 75.4 Å². The Morgan fingerprint density at radius 2 is 1.64 bits per heavy atom. The first-order valence-electron chi connectivity index (χ1n) is 7.65. The lowest BCUT2D eigenvalue weighted by molar-refractivity contribution is 0.544. The van der Waals surface area contributed by atoms with Crippen LogP contribution in [0.5, 0.6) is 0 Å². The number of para-hydroxylation sites is 3. The Morgan fingerprint density at radius 1 is 0.840 bits per heavy atom. The van der Waals surface area contributed by atoms with E-state index >= 15 is 0 Å². The third-order valence-electron chi connectivity index (χ3n) is 4.15. The van der Waals surface area contributed by atoms with Crippen molar-refractivity contribution >= 4 is 33.0 Å². The van der Waals surface area contributed by atoms with Gasteiger partial charge in [-0.15, -0.1) is 0 Å². The summed E-state index contributed by atoms with van der Waals surface area (Å²) in [5.41, 5.74) is 1.17. The van der Waals surface area contributed by atoms with E-state index in [9.17, 15) is 9.59 Å². The average molecular weight is 330 g/mol. The lowest BCUT2D eigenvalue weighted by atomic mass is 10.1. The second-order valence-corrected chi connectivity index (χ2v) is 5.68. The molecule has 25 heavy (non-hydrogen) atoms. The van der Waals surface area contributed by atoms with Gasteiger partial charge in [-0.25, -0.2) is 14.6 Å². The topological polar surface area (TPSA) is 89.1 Å². The maximum Gasteiger partial charge on any atom is 0.347 e. The van der Waals surface area contributed by atoms with Crippen molar-refractivity contribution in [3.63, 3.8) is 0 Å². The molecule has 0 spiro atoms. The molecule has 5 rings (SSSR count). The van der Waals surface area contributed by atoms with Crippen LogP contribution in [0.25, 0.3) is 44.4 Å². The van der Waals surface area contributed by atoms with E-state index in [0.29, 0.717) is 16.8 Å². The molecule has 6 heteroatoms. The predicted octanol–water partition coefficient (Wildman–Crippen LogP) is 3.44. The fourth-order valence-electron chi connectivity index (χ4n) is 2.97. The minimum Gasteiger partial charge on any atom is -0.422 e. The van der Waals surface area contributed by atoms with Gasteiger partial charge in [-0.1, -0.05) is 24.3 Å². The van der Waals surface area contributed by atoms with Crippen LogP contribution in [0.4, 0.5) is 0 Å². The Morgan fingerprint density at radius 3 is 2.52 bits per heavy atom. The van der Waals surface area contributed by atoms with Gasteiger partial charge >= 0.3 is 11.3 Å². The van der Waals surface area contributed by atoms with Gasteiger partial charge in [-0.2, -0.15) is 0 Å². The van der Waals surface area contributed by atoms with Gasteiger partial charge in [0.15, 0.2) is 5.58 Å². The Bertz CT molecular complexity index is 1360. The highest BCUT2D eigenvalue weighted by Gasteiger charge is 2.16. The minimum absolute atomic E-state index is 0.186. The lowest BCUT2D eigenvalue weighted by Gasteiger charge is -2.02. The van der Waals surface area contributed by atoms with Gasteiger partial charge in [0.2, 0.25) is 0 Å². The third-order valence-corrected chi connectivity index (χ3v) is 4.15. The molecule has 0 amide bonds. The smallest absolute Gasteiger partial charge is 0.347 e. The molecule has 2 aromatic carbocycles. The summed E-state index contributed by atoms with van der Waals surface area (Å²) < 4.78 is 10.8. The summed E-state index contributed by atoms with van der Waals surface area (Å²) in [6.45, 7) is 0. The molecule has 0 fully saturated rings. The monoisotopic (exact) mass is 330 g/mol. The number of rotatable bonds is 1. The maximum atomic E-state index is 12.5. The van der Waals surface area contributed by atoms with Crippen LogP contribution in [0, 0.1) is 0 Å². The summed E-state index contributed by atoms with van der Waals surface area (Å²) >= 11 is 0. The van der Waals surface area contributed by atoms with Crippen molar-refractivity contribution in [2.75, 3.05) is 0 Å². The molecule has 1 N–H and O–H groups in total. The molecular formula is C19H10N2O4. The van der Waals surface area contributed by atoms with Crippen molar-refractivity contribution in [3.8, 4) is 11.4 Å². The SMILES string of the molecule is O=c1oc2c(cc1-c1nc3ccccc3[nH]1)c(=O)oc1ccccc12. The molecule has 0 radical (unpaired) electrons. The lowest BCUT2D eigenvalue weighted by Crippen LogP contribution is -2.08. The molecular weight excluding hydrogens is 320 g/mol. The number of aromatic nitrogens is 2. The highest BCUT2D eigenvalue weighted by Crippen LogP contribution is 2.25. The molecule has 0 saturated heterocycles. The Labute approximate surface area is 139 Å². The summed E-state index contributed by atoms with van der Waals surface area (Å²) in [6, 6.07) is 15.8. The van der Waals surface area contributed by atoms with Crippen LogP contribution < -0.4 is 11.3 Å². The van der Waals surface area contributed by atoms with Crippen molar-refractivity contribution in [1.29, 1.82) is 0 Å². The van der Waals surface area contributed by atoms with Crippen LogP contribution in [0.2, 0.25) is 0 Å².